The van der Waals surface area contributed by atoms with Crippen molar-refractivity contribution in [2.75, 3.05) is 33.5 Å². The number of carbonyl (C=O) groups excluding carboxylic acids is 3. The minimum atomic E-state index is -0.242. The molecule has 0 bridgehead atoms. The number of anilines is 4. The van der Waals surface area contributed by atoms with Gasteiger partial charge in [0.05, 0.1) is 11.4 Å². The SMILES string of the molecule is CC(=O)Nc1cc(NC(C)=O)cc(C(=O)N2CC3CCCN3c3ccccc32)c1. The molecule has 1 unspecified atom stereocenters. The van der Waals surface area contributed by atoms with Crippen molar-refractivity contribution in [1.82, 2.24) is 0 Å². The van der Waals surface area contributed by atoms with E-state index >= 15 is 0 Å². The van der Waals surface area contributed by atoms with E-state index in [1.807, 2.05) is 23.1 Å². The Labute approximate surface area is 169 Å². The van der Waals surface area contributed by atoms with E-state index in [-0.39, 0.29) is 17.7 Å². The van der Waals surface area contributed by atoms with Gasteiger partial charge in [-0.2, -0.15) is 0 Å². The lowest BCUT2D eigenvalue weighted by atomic mass is 10.0. The molecule has 1 saturated heterocycles. The van der Waals surface area contributed by atoms with Crippen LogP contribution in [0.1, 0.15) is 37.0 Å². The van der Waals surface area contributed by atoms with Gasteiger partial charge in [0.25, 0.3) is 5.91 Å². The third kappa shape index (κ3) is 3.81. The van der Waals surface area contributed by atoms with Gasteiger partial charge in [-0.3, -0.25) is 14.4 Å². The van der Waals surface area contributed by atoms with Gasteiger partial charge in [-0.05, 0) is 43.2 Å². The van der Waals surface area contributed by atoms with E-state index in [0.717, 1.165) is 30.8 Å². The second-order valence-electron chi connectivity index (χ2n) is 7.56. The molecule has 0 aliphatic carbocycles. The van der Waals surface area contributed by atoms with Gasteiger partial charge in [-0.25, -0.2) is 0 Å². The number of amides is 3. The lowest BCUT2D eigenvalue weighted by Gasteiger charge is -2.40. The fourth-order valence-electron chi connectivity index (χ4n) is 4.24. The van der Waals surface area contributed by atoms with Crippen LogP contribution in [0.5, 0.6) is 0 Å². The Bertz CT molecular complexity index is 954. The fraction of sp³-hybridized carbons (Fsp3) is 0.318. The first-order chi connectivity index (χ1) is 13.9. The fourth-order valence-corrected chi connectivity index (χ4v) is 4.24. The van der Waals surface area contributed by atoms with Crippen LogP contribution in [0.15, 0.2) is 42.5 Å². The van der Waals surface area contributed by atoms with Gasteiger partial charge in [-0.1, -0.05) is 12.1 Å². The molecule has 4 rings (SSSR count). The first-order valence-corrected chi connectivity index (χ1v) is 9.80. The third-order valence-corrected chi connectivity index (χ3v) is 5.32. The summed E-state index contributed by atoms with van der Waals surface area (Å²) in [6, 6.07) is 13.2. The van der Waals surface area contributed by atoms with E-state index in [4.69, 9.17) is 0 Å². The lowest BCUT2D eigenvalue weighted by Crippen LogP contribution is -2.48. The molecule has 0 radical (unpaired) electrons. The quantitative estimate of drug-likeness (QED) is 0.840. The Hall–Kier alpha value is -3.35. The van der Waals surface area contributed by atoms with Gasteiger partial charge in [-0.15, -0.1) is 0 Å². The predicted octanol–water partition coefficient (Wildman–Crippen LogP) is 3.23. The van der Waals surface area contributed by atoms with Crippen LogP contribution >= 0.6 is 0 Å². The molecule has 2 aromatic carbocycles. The maximum absolute atomic E-state index is 13.5. The van der Waals surface area contributed by atoms with E-state index in [1.54, 1.807) is 18.2 Å². The van der Waals surface area contributed by atoms with Crippen LogP contribution in [0.25, 0.3) is 0 Å². The average Bonchev–Trinajstić information content (AvgIpc) is 3.14. The highest BCUT2D eigenvalue weighted by Crippen LogP contribution is 2.40. The standard InChI is InChI=1S/C22H24N4O3/c1-14(27)23-17-10-16(11-18(12-17)24-15(2)28)22(29)26-13-19-6-5-9-25(19)20-7-3-4-8-21(20)26/h3-4,7-8,10-12,19H,5-6,9,13H2,1-2H3,(H,23,27)(H,24,28). The topological polar surface area (TPSA) is 81.8 Å². The van der Waals surface area contributed by atoms with E-state index in [2.05, 4.69) is 21.6 Å². The maximum Gasteiger partial charge on any atom is 0.258 e. The molecule has 2 N–H and O–H groups in total. The number of hydrogen-bond donors (Lipinski definition) is 2. The zero-order chi connectivity index (χ0) is 20.5. The summed E-state index contributed by atoms with van der Waals surface area (Å²) in [6.45, 7) is 4.44. The molecule has 7 heteroatoms. The monoisotopic (exact) mass is 392 g/mol. The second kappa shape index (κ2) is 7.58. The van der Waals surface area contributed by atoms with Crippen LogP contribution in [0.2, 0.25) is 0 Å². The van der Waals surface area contributed by atoms with Crippen molar-refractivity contribution < 1.29 is 14.4 Å². The third-order valence-electron chi connectivity index (χ3n) is 5.32. The molecule has 3 amide bonds. The molecule has 150 valence electrons. The zero-order valence-electron chi connectivity index (χ0n) is 16.6. The van der Waals surface area contributed by atoms with Gasteiger partial charge >= 0.3 is 0 Å². The van der Waals surface area contributed by atoms with Gasteiger partial charge in [0.15, 0.2) is 0 Å². The van der Waals surface area contributed by atoms with Crippen molar-refractivity contribution in [3.8, 4) is 0 Å². The first kappa shape index (κ1) is 19.0. The number of nitrogens with one attached hydrogen (secondary N) is 2. The summed E-state index contributed by atoms with van der Waals surface area (Å²) >= 11 is 0. The van der Waals surface area contributed by atoms with Crippen molar-refractivity contribution >= 4 is 40.5 Å². The summed E-state index contributed by atoms with van der Waals surface area (Å²) in [7, 11) is 0. The zero-order valence-corrected chi connectivity index (χ0v) is 16.6. The Morgan fingerprint density at radius 3 is 2.17 bits per heavy atom. The molecule has 0 spiro atoms. The van der Waals surface area contributed by atoms with Crippen LogP contribution in [0.4, 0.5) is 22.7 Å². The summed E-state index contributed by atoms with van der Waals surface area (Å²) in [5.74, 6) is -0.635. The number of fused-ring (bicyclic) bond motifs is 3. The van der Waals surface area contributed by atoms with Crippen LogP contribution in [0, 0.1) is 0 Å². The van der Waals surface area contributed by atoms with E-state index in [9.17, 15) is 14.4 Å². The predicted molar refractivity (Wildman–Crippen MR) is 114 cm³/mol. The first-order valence-electron chi connectivity index (χ1n) is 9.80. The molecule has 2 heterocycles. The molecular formula is C22H24N4O3. The lowest BCUT2D eigenvalue weighted by molar-refractivity contribution is -0.115. The molecule has 2 aromatic rings. The van der Waals surface area contributed by atoms with Crippen LogP contribution in [-0.4, -0.2) is 36.9 Å². The Balaban J connectivity index is 1.73. The number of benzene rings is 2. The normalized spacial score (nSPS) is 17.4. The number of nitrogens with zero attached hydrogens (tertiary/aromatic N) is 2. The molecule has 29 heavy (non-hydrogen) atoms. The van der Waals surface area contributed by atoms with E-state index in [1.165, 1.54) is 13.8 Å². The summed E-state index contributed by atoms with van der Waals surface area (Å²) in [4.78, 5) is 40.7. The summed E-state index contributed by atoms with van der Waals surface area (Å²) < 4.78 is 0. The maximum atomic E-state index is 13.5. The highest BCUT2D eigenvalue weighted by Gasteiger charge is 2.36. The smallest absolute Gasteiger partial charge is 0.258 e. The molecule has 1 atom stereocenters. The summed E-state index contributed by atoms with van der Waals surface area (Å²) in [5.41, 5.74) is 3.33. The average molecular weight is 392 g/mol. The molecule has 1 fully saturated rings. The highest BCUT2D eigenvalue weighted by atomic mass is 16.2. The molecule has 0 aromatic heterocycles. The molecule has 2 aliphatic heterocycles. The van der Waals surface area contributed by atoms with Gasteiger partial charge in [0, 0.05) is 49.9 Å². The van der Waals surface area contributed by atoms with Crippen molar-refractivity contribution in [2.24, 2.45) is 0 Å². The van der Waals surface area contributed by atoms with Crippen LogP contribution in [0.3, 0.4) is 0 Å². The molecule has 7 nitrogen and oxygen atoms in total. The van der Waals surface area contributed by atoms with E-state index in [0.29, 0.717) is 29.5 Å². The van der Waals surface area contributed by atoms with Gasteiger partial charge in [0.2, 0.25) is 11.8 Å². The molecule has 0 saturated carbocycles. The Morgan fingerprint density at radius 2 is 1.55 bits per heavy atom. The van der Waals surface area contributed by atoms with Gasteiger partial charge in [0.1, 0.15) is 0 Å². The van der Waals surface area contributed by atoms with Crippen molar-refractivity contribution in [2.45, 2.75) is 32.7 Å². The summed E-state index contributed by atoms with van der Waals surface area (Å²) in [6.07, 6.45) is 2.17. The second-order valence-corrected chi connectivity index (χ2v) is 7.56. The van der Waals surface area contributed by atoms with Crippen molar-refractivity contribution in [1.29, 1.82) is 0 Å². The number of carbonyl (C=O) groups is 3. The Morgan fingerprint density at radius 1 is 0.931 bits per heavy atom. The largest absolute Gasteiger partial charge is 0.365 e. The highest BCUT2D eigenvalue weighted by molar-refractivity contribution is 6.10. The van der Waals surface area contributed by atoms with Crippen LogP contribution < -0.4 is 20.4 Å². The van der Waals surface area contributed by atoms with Crippen molar-refractivity contribution in [3.63, 3.8) is 0 Å². The van der Waals surface area contributed by atoms with Crippen LogP contribution in [-0.2, 0) is 9.59 Å². The minimum Gasteiger partial charge on any atom is -0.365 e. The van der Waals surface area contributed by atoms with Crippen molar-refractivity contribution in [3.05, 3.63) is 48.0 Å². The minimum absolute atomic E-state index is 0.150. The molecule has 2 aliphatic rings. The summed E-state index contributed by atoms with van der Waals surface area (Å²) in [5, 5.41) is 5.41. The molecular weight excluding hydrogens is 368 g/mol. The Kier molecular flexibility index (Phi) is 4.96. The van der Waals surface area contributed by atoms with E-state index < -0.39 is 0 Å². The number of rotatable bonds is 3. The number of para-hydroxylation sites is 2. The van der Waals surface area contributed by atoms with Gasteiger partial charge < -0.3 is 20.4 Å². The number of hydrogen-bond acceptors (Lipinski definition) is 4.